The SMILES string of the molecule is CC(=O)Oc1cc(C)n(C)n1. The third kappa shape index (κ3) is 1.80. The summed E-state index contributed by atoms with van der Waals surface area (Å²) >= 11 is 0. The molecule has 0 saturated carbocycles. The number of aryl methyl sites for hydroxylation is 2. The van der Waals surface area contributed by atoms with E-state index >= 15 is 0 Å². The van der Waals surface area contributed by atoms with Gasteiger partial charge in [0.1, 0.15) is 0 Å². The van der Waals surface area contributed by atoms with Crippen LogP contribution in [0.5, 0.6) is 5.88 Å². The molecule has 0 amide bonds. The first-order valence-electron chi connectivity index (χ1n) is 3.28. The third-order valence-corrected chi connectivity index (χ3v) is 1.34. The summed E-state index contributed by atoms with van der Waals surface area (Å²) in [5, 5.41) is 3.92. The van der Waals surface area contributed by atoms with Crippen molar-refractivity contribution >= 4 is 5.97 Å². The van der Waals surface area contributed by atoms with E-state index in [1.807, 2.05) is 6.92 Å². The van der Waals surface area contributed by atoms with Crippen molar-refractivity contribution in [3.05, 3.63) is 11.8 Å². The second-order valence-electron chi connectivity index (χ2n) is 2.34. The molecule has 1 heterocycles. The van der Waals surface area contributed by atoms with Crippen LogP contribution in [0.1, 0.15) is 12.6 Å². The monoisotopic (exact) mass is 154 g/mol. The molecule has 1 aromatic rings. The van der Waals surface area contributed by atoms with Gasteiger partial charge in [-0.3, -0.25) is 9.48 Å². The lowest BCUT2D eigenvalue weighted by Crippen LogP contribution is -2.02. The summed E-state index contributed by atoms with van der Waals surface area (Å²) in [5.41, 5.74) is 0.959. The smallest absolute Gasteiger partial charge is 0.309 e. The number of esters is 1. The normalized spacial score (nSPS) is 9.73. The Morgan fingerprint density at radius 2 is 2.36 bits per heavy atom. The molecule has 0 aliphatic carbocycles. The van der Waals surface area contributed by atoms with Crippen molar-refractivity contribution in [3.63, 3.8) is 0 Å². The van der Waals surface area contributed by atoms with Crippen LogP contribution in [0.15, 0.2) is 6.07 Å². The number of rotatable bonds is 1. The van der Waals surface area contributed by atoms with E-state index in [4.69, 9.17) is 4.74 Å². The Bertz CT molecular complexity index is 258. The highest BCUT2D eigenvalue weighted by molar-refractivity contribution is 5.68. The van der Waals surface area contributed by atoms with E-state index in [9.17, 15) is 4.79 Å². The van der Waals surface area contributed by atoms with E-state index < -0.39 is 0 Å². The van der Waals surface area contributed by atoms with Gasteiger partial charge in [0.2, 0.25) is 5.88 Å². The lowest BCUT2D eigenvalue weighted by atomic mass is 10.5. The van der Waals surface area contributed by atoms with Crippen LogP contribution in [0.25, 0.3) is 0 Å². The van der Waals surface area contributed by atoms with Gasteiger partial charge in [-0.15, -0.1) is 5.10 Å². The average molecular weight is 154 g/mol. The molecule has 4 nitrogen and oxygen atoms in total. The van der Waals surface area contributed by atoms with Crippen molar-refractivity contribution in [1.82, 2.24) is 9.78 Å². The van der Waals surface area contributed by atoms with Gasteiger partial charge in [-0.2, -0.15) is 0 Å². The second kappa shape index (κ2) is 2.74. The molecule has 0 aromatic carbocycles. The van der Waals surface area contributed by atoms with Crippen molar-refractivity contribution in [2.45, 2.75) is 13.8 Å². The molecule has 0 saturated heterocycles. The number of hydrogen-bond acceptors (Lipinski definition) is 3. The molecule has 1 rings (SSSR count). The van der Waals surface area contributed by atoms with E-state index in [0.29, 0.717) is 5.88 Å². The Kier molecular flexibility index (Phi) is 1.94. The zero-order valence-corrected chi connectivity index (χ0v) is 6.79. The fourth-order valence-electron chi connectivity index (χ4n) is 0.725. The van der Waals surface area contributed by atoms with Gasteiger partial charge < -0.3 is 4.74 Å². The highest BCUT2D eigenvalue weighted by atomic mass is 16.5. The van der Waals surface area contributed by atoms with Gasteiger partial charge in [0.15, 0.2) is 0 Å². The standard InChI is InChI=1S/C7H10N2O2/c1-5-4-7(8-9(5)3)11-6(2)10/h4H,1-3H3. The Hall–Kier alpha value is -1.32. The van der Waals surface area contributed by atoms with Crippen molar-refractivity contribution in [2.75, 3.05) is 0 Å². The fraction of sp³-hybridized carbons (Fsp3) is 0.429. The average Bonchev–Trinajstić information content (AvgIpc) is 2.10. The summed E-state index contributed by atoms with van der Waals surface area (Å²) in [6.07, 6.45) is 0. The molecular weight excluding hydrogens is 144 g/mol. The maximum atomic E-state index is 10.5. The minimum Gasteiger partial charge on any atom is -0.406 e. The van der Waals surface area contributed by atoms with Gasteiger partial charge in [0.05, 0.1) is 0 Å². The quantitative estimate of drug-likeness (QED) is 0.558. The summed E-state index contributed by atoms with van der Waals surface area (Å²) in [7, 11) is 1.79. The Morgan fingerprint density at radius 1 is 1.73 bits per heavy atom. The van der Waals surface area contributed by atoms with Gasteiger partial charge in [0.25, 0.3) is 0 Å². The highest BCUT2D eigenvalue weighted by Crippen LogP contribution is 2.08. The van der Waals surface area contributed by atoms with E-state index in [0.717, 1.165) is 5.69 Å². The minimum absolute atomic E-state index is 0.344. The molecule has 0 atom stereocenters. The molecule has 1 aromatic heterocycles. The number of nitrogens with zero attached hydrogens (tertiary/aromatic N) is 2. The molecule has 0 radical (unpaired) electrons. The van der Waals surface area contributed by atoms with Crippen LogP contribution in [0, 0.1) is 6.92 Å². The van der Waals surface area contributed by atoms with Gasteiger partial charge in [0, 0.05) is 25.7 Å². The second-order valence-corrected chi connectivity index (χ2v) is 2.34. The number of carbonyl (C=O) groups is 1. The topological polar surface area (TPSA) is 44.1 Å². The zero-order valence-electron chi connectivity index (χ0n) is 6.79. The van der Waals surface area contributed by atoms with Gasteiger partial charge >= 0.3 is 5.97 Å². The first-order chi connectivity index (χ1) is 5.09. The first kappa shape index (κ1) is 7.78. The molecule has 11 heavy (non-hydrogen) atoms. The molecule has 0 fully saturated rings. The molecule has 0 spiro atoms. The number of aromatic nitrogens is 2. The summed E-state index contributed by atoms with van der Waals surface area (Å²) in [6, 6.07) is 1.71. The molecule has 0 aliphatic heterocycles. The maximum absolute atomic E-state index is 10.5. The largest absolute Gasteiger partial charge is 0.406 e. The lowest BCUT2D eigenvalue weighted by molar-refractivity contribution is -0.132. The Morgan fingerprint density at radius 3 is 2.73 bits per heavy atom. The van der Waals surface area contributed by atoms with Crippen LogP contribution in [-0.4, -0.2) is 15.7 Å². The predicted octanol–water partition coefficient (Wildman–Crippen LogP) is 0.654. The van der Waals surface area contributed by atoms with Crippen LogP contribution in [-0.2, 0) is 11.8 Å². The van der Waals surface area contributed by atoms with E-state index in [1.165, 1.54) is 6.92 Å². The van der Waals surface area contributed by atoms with Crippen LogP contribution < -0.4 is 4.74 Å². The van der Waals surface area contributed by atoms with Crippen molar-refractivity contribution in [3.8, 4) is 5.88 Å². The Labute approximate surface area is 64.8 Å². The van der Waals surface area contributed by atoms with Crippen LogP contribution >= 0.6 is 0 Å². The highest BCUT2D eigenvalue weighted by Gasteiger charge is 2.03. The lowest BCUT2D eigenvalue weighted by Gasteiger charge is -1.92. The van der Waals surface area contributed by atoms with Crippen LogP contribution in [0.3, 0.4) is 0 Å². The molecule has 0 unspecified atom stereocenters. The van der Waals surface area contributed by atoms with Gasteiger partial charge in [-0.1, -0.05) is 0 Å². The summed E-state index contributed by atoms with van der Waals surface area (Å²) in [6.45, 7) is 3.24. The molecule has 60 valence electrons. The van der Waals surface area contributed by atoms with E-state index in [-0.39, 0.29) is 5.97 Å². The third-order valence-electron chi connectivity index (χ3n) is 1.34. The van der Waals surface area contributed by atoms with Gasteiger partial charge in [-0.05, 0) is 6.92 Å². The van der Waals surface area contributed by atoms with Gasteiger partial charge in [-0.25, -0.2) is 0 Å². The molecule has 4 heteroatoms. The van der Waals surface area contributed by atoms with E-state index in [2.05, 4.69) is 5.10 Å². The molecular formula is C7H10N2O2. The first-order valence-corrected chi connectivity index (χ1v) is 3.28. The van der Waals surface area contributed by atoms with Crippen molar-refractivity contribution in [1.29, 1.82) is 0 Å². The predicted molar refractivity (Wildman–Crippen MR) is 39.3 cm³/mol. The van der Waals surface area contributed by atoms with E-state index in [1.54, 1.807) is 17.8 Å². The molecule has 0 aliphatic rings. The fourth-order valence-corrected chi connectivity index (χ4v) is 0.725. The number of hydrogen-bond donors (Lipinski definition) is 0. The van der Waals surface area contributed by atoms with Crippen molar-refractivity contribution in [2.24, 2.45) is 7.05 Å². The number of carbonyl (C=O) groups excluding carboxylic acids is 1. The van der Waals surface area contributed by atoms with Crippen molar-refractivity contribution < 1.29 is 9.53 Å². The van der Waals surface area contributed by atoms with Crippen LogP contribution in [0.2, 0.25) is 0 Å². The maximum Gasteiger partial charge on any atom is 0.309 e. The zero-order chi connectivity index (χ0) is 8.43. The summed E-state index contributed by atoms with van der Waals surface area (Å²) < 4.78 is 6.40. The summed E-state index contributed by atoms with van der Waals surface area (Å²) in [4.78, 5) is 10.5. The Balaban J connectivity index is 2.81. The minimum atomic E-state index is -0.344. The van der Waals surface area contributed by atoms with Crippen LogP contribution in [0.4, 0.5) is 0 Å². The molecule has 0 N–H and O–H groups in total. The number of ether oxygens (including phenoxy) is 1. The summed E-state index contributed by atoms with van der Waals surface area (Å²) in [5.74, 6) is 0.0144. The molecule has 0 bridgehead atoms.